The summed E-state index contributed by atoms with van der Waals surface area (Å²) in [6, 6.07) is 4.33. The number of nitrogens with zero attached hydrogens (tertiary/aromatic N) is 1. The van der Waals surface area contributed by atoms with E-state index in [1.54, 1.807) is 18.2 Å². The summed E-state index contributed by atoms with van der Waals surface area (Å²) in [7, 11) is 1.49. The van der Waals surface area contributed by atoms with E-state index in [-0.39, 0.29) is 24.8 Å². The Morgan fingerprint density at radius 1 is 1.16 bits per heavy atom. The molecule has 25 heavy (non-hydrogen) atoms. The smallest absolute Gasteiger partial charge is 0.390 e. The summed E-state index contributed by atoms with van der Waals surface area (Å²) >= 11 is 0. The second kappa shape index (κ2) is 11.0. The monoisotopic (exact) mass is 404 g/mol. The molecule has 4 nitrogen and oxygen atoms in total. The maximum atomic E-state index is 13.0. The van der Waals surface area contributed by atoms with Gasteiger partial charge in [-0.1, -0.05) is 6.07 Å². The molecule has 9 heteroatoms. The molecule has 0 aromatic heterocycles. The summed E-state index contributed by atoms with van der Waals surface area (Å²) in [6.45, 7) is 4.90. The molecular formula is C16H25Cl2F3N2O2. The van der Waals surface area contributed by atoms with Gasteiger partial charge < -0.3 is 14.8 Å². The summed E-state index contributed by atoms with van der Waals surface area (Å²) in [4.78, 5) is 1.87. The zero-order valence-electron chi connectivity index (χ0n) is 14.3. The molecular weight excluding hydrogens is 380 g/mol. The molecule has 0 bridgehead atoms. The zero-order chi connectivity index (χ0) is 16.9. The highest BCUT2D eigenvalue weighted by Gasteiger charge is 2.36. The van der Waals surface area contributed by atoms with Crippen molar-refractivity contribution in [2.75, 3.05) is 39.9 Å². The fourth-order valence-corrected chi connectivity index (χ4v) is 2.84. The topological polar surface area (TPSA) is 33.7 Å². The highest BCUT2D eigenvalue weighted by atomic mass is 35.5. The minimum atomic E-state index is -4.22. The van der Waals surface area contributed by atoms with Gasteiger partial charge in [-0.05, 0) is 24.6 Å². The molecule has 0 unspecified atom stereocenters. The first-order chi connectivity index (χ1) is 10.9. The molecule has 0 radical (unpaired) electrons. The van der Waals surface area contributed by atoms with Crippen LogP contribution < -0.4 is 14.8 Å². The van der Waals surface area contributed by atoms with Crippen molar-refractivity contribution in [1.29, 1.82) is 0 Å². The standard InChI is InChI=1S/C16H23F3N2O2.2ClH/c1-3-23-14-5-4-12(10-15(14)22-2)13(11-16(17,18)19)21-8-6-20-7-9-21;;/h4-5,10,13,20H,3,6-9,11H2,1-2H3;2*1H/t13-;;/m0../s1. The first-order valence-corrected chi connectivity index (χ1v) is 7.77. The van der Waals surface area contributed by atoms with Gasteiger partial charge in [-0.15, -0.1) is 24.8 Å². The zero-order valence-corrected chi connectivity index (χ0v) is 15.9. The molecule has 1 N–H and O–H groups in total. The van der Waals surface area contributed by atoms with Crippen LogP contribution >= 0.6 is 24.8 Å². The number of hydrogen-bond donors (Lipinski definition) is 1. The van der Waals surface area contributed by atoms with Gasteiger partial charge in [-0.2, -0.15) is 13.2 Å². The van der Waals surface area contributed by atoms with E-state index in [9.17, 15) is 13.2 Å². The maximum Gasteiger partial charge on any atom is 0.390 e. The van der Waals surface area contributed by atoms with Gasteiger partial charge in [0.2, 0.25) is 0 Å². The van der Waals surface area contributed by atoms with Gasteiger partial charge >= 0.3 is 6.18 Å². The first kappa shape index (κ1) is 24.1. The Hall–Kier alpha value is -0.890. The third kappa shape index (κ3) is 7.09. The fourth-order valence-electron chi connectivity index (χ4n) is 2.84. The second-order valence-electron chi connectivity index (χ2n) is 5.46. The van der Waals surface area contributed by atoms with Crippen LogP contribution in [0.3, 0.4) is 0 Å². The van der Waals surface area contributed by atoms with E-state index in [1.165, 1.54) is 7.11 Å². The van der Waals surface area contributed by atoms with E-state index in [0.717, 1.165) is 0 Å². The van der Waals surface area contributed by atoms with Crippen molar-refractivity contribution in [1.82, 2.24) is 10.2 Å². The van der Waals surface area contributed by atoms with Crippen LogP contribution in [0.15, 0.2) is 18.2 Å². The Kier molecular flexibility index (Phi) is 10.6. The Labute approximate surface area is 158 Å². The van der Waals surface area contributed by atoms with Gasteiger partial charge in [-0.25, -0.2) is 0 Å². The largest absolute Gasteiger partial charge is 0.493 e. The average Bonchev–Trinajstić information content (AvgIpc) is 2.53. The van der Waals surface area contributed by atoms with E-state index < -0.39 is 18.6 Å². The number of methoxy groups -OCH3 is 1. The van der Waals surface area contributed by atoms with Crippen molar-refractivity contribution in [2.45, 2.75) is 25.6 Å². The molecule has 1 aromatic rings. The highest BCUT2D eigenvalue weighted by molar-refractivity contribution is 5.85. The van der Waals surface area contributed by atoms with Crippen LogP contribution in [0.5, 0.6) is 11.5 Å². The molecule has 1 saturated heterocycles. The summed E-state index contributed by atoms with van der Waals surface area (Å²) in [5, 5.41) is 3.16. The van der Waals surface area contributed by atoms with Crippen LogP contribution in [-0.2, 0) is 0 Å². The summed E-state index contributed by atoms with van der Waals surface area (Å²) in [6.07, 6.45) is -5.09. The third-order valence-corrected chi connectivity index (χ3v) is 3.89. The third-order valence-electron chi connectivity index (χ3n) is 3.89. The quantitative estimate of drug-likeness (QED) is 0.780. The number of piperazine rings is 1. The highest BCUT2D eigenvalue weighted by Crippen LogP contribution is 2.37. The number of halogens is 5. The van der Waals surface area contributed by atoms with Gasteiger partial charge in [0, 0.05) is 32.2 Å². The molecule has 1 aromatic carbocycles. The predicted octanol–water partition coefficient (Wildman–Crippen LogP) is 3.84. The number of rotatable bonds is 6. The molecule has 0 aliphatic carbocycles. The molecule has 0 amide bonds. The van der Waals surface area contributed by atoms with Crippen molar-refractivity contribution in [3.63, 3.8) is 0 Å². The van der Waals surface area contributed by atoms with Gasteiger partial charge in [0.05, 0.1) is 20.1 Å². The number of benzene rings is 1. The van der Waals surface area contributed by atoms with Gasteiger partial charge in [0.25, 0.3) is 0 Å². The summed E-state index contributed by atoms with van der Waals surface area (Å²) < 4.78 is 49.8. The molecule has 1 aliphatic heterocycles. The van der Waals surface area contributed by atoms with Crippen molar-refractivity contribution >= 4 is 24.8 Å². The molecule has 2 rings (SSSR count). The Morgan fingerprint density at radius 3 is 2.32 bits per heavy atom. The van der Waals surface area contributed by atoms with E-state index in [2.05, 4.69) is 5.32 Å². The summed E-state index contributed by atoms with van der Waals surface area (Å²) in [5.74, 6) is 1.01. The van der Waals surface area contributed by atoms with Gasteiger partial charge in [0.1, 0.15) is 0 Å². The lowest BCUT2D eigenvalue weighted by molar-refractivity contribution is -0.148. The lowest BCUT2D eigenvalue weighted by Crippen LogP contribution is -2.46. The predicted molar refractivity (Wildman–Crippen MR) is 96.5 cm³/mol. The molecule has 146 valence electrons. The lowest BCUT2D eigenvalue weighted by atomic mass is 10.00. The van der Waals surface area contributed by atoms with Gasteiger partial charge in [0.15, 0.2) is 11.5 Å². The Balaban J connectivity index is 0.00000288. The molecule has 1 aliphatic rings. The first-order valence-electron chi connectivity index (χ1n) is 7.77. The van der Waals surface area contributed by atoms with Crippen LogP contribution in [0.1, 0.15) is 24.9 Å². The molecule has 1 heterocycles. The van der Waals surface area contributed by atoms with E-state index in [0.29, 0.717) is 49.8 Å². The maximum absolute atomic E-state index is 13.0. The minimum Gasteiger partial charge on any atom is -0.493 e. The Morgan fingerprint density at radius 2 is 1.80 bits per heavy atom. The van der Waals surface area contributed by atoms with Crippen molar-refractivity contribution in [2.24, 2.45) is 0 Å². The van der Waals surface area contributed by atoms with E-state index in [4.69, 9.17) is 9.47 Å². The van der Waals surface area contributed by atoms with Crippen LogP contribution in [0, 0.1) is 0 Å². The van der Waals surface area contributed by atoms with Crippen molar-refractivity contribution in [3.8, 4) is 11.5 Å². The second-order valence-corrected chi connectivity index (χ2v) is 5.46. The number of nitrogens with one attached hydrogen (secondary N) is 1. The van der Waals surface area contributed by atoms with Crippen molar-refractivity contribution in [3.05, 3.63) is 23.8 Å². The molecule has 1 atom stereocenters. The van der Waals surface area contributed by atoms with Crippen LogP contribution in [-0.4, -0.2) is 51.0 Å². The normalized spacial score (nSPS) is 16.4. The molecule has 1 fully saturated rings. The molecule has 0 spiro atoms. The van der Waals surface area contributed by atoms with E-state index >= 15 is 0 Å². The number of ether oxygens (including phenoxy) is 2. The van der Waals surface area contributed by atoms with Gasteiger partial charge in [-0.3, -0.25) is 4.90 Å². The van der Waals surface area contributed by atoms with E-state index in [1.807, 2.05) is 11.8 Å². The van der Waals surface area contributed by atoms with Crippen LogP contribution in [0.2, 0.25) is 0 Å². The number of hydrogen-bond acceptors (Lipinski definition) is 4. The lowest BCUT2D eigenvalue weighted by Gasteiger charge is -2.35. The van der Waals surface area contributed by atoms with Crippen LogP contribution in [0.4, 0.5) is 13.2 Å². The Bertz CT molecular complexity index is 513. The SMILES string of the molecule is CCOc1ccc([C@H](CC(F)(F)F)N2CCNCC2)cc1OC.Cl.Cl. The molecule has 0 saturated carbocycles. The fraction of sp³-hybridized carbons (Fsp3) is 0.625. The number of alkyl halides is 3. The summed E-state index contributed by atoms with van der Waals surface area (Å²) in [5.41, 5.74) is 0.601. The van der Waals surface area contributed by atoms with Crippen LogP contribution in [0.25, 0.3) is 0 Å². The minimum absolute atomic E-state index is 0. The average molecular weight is 405 g/mol. The van der Waals surface area contributed by atoms with Crippen molar-refractivity contribution < 1.29 is 22.6 Å².